The molecule has 0 fully saturated rings. The summed E-state index contributed by atoms with van der Waals surface area (Å²) in [7, 11) is -0.830. The van der Waals surface area contributed by atoms with Gasteiger partial charge in [0, 0.05) is 26.3 Å². The molecule has 1 unspecified atom stereocenters. The van der Waals surface area contributed by atoms with E-state index in [2.05, 4.69) is 11.8 Å². The minimum absolute atomic E-state index is 0.0467. The molecule has 1 rings (SSSR count). The summed E-state index contributed by atoms with van der Waals surface area (Å²) in [5.41, 5.74) is 5.87. The Morgan fingerprint density at radius 3 is 2.81 bits per heavy atom. The quantitative estimate of drug-likeness (QED) is 0.699. The number of rotatable bonds is 6. The third-order valence-corrected chi connectivity index (χ3v) is 4.52. The number of benzene rings is 1. The van der Waals surface area contributed by atoms with Crippen molar-refractivity contribution in [2.45, 2.75) is 11.0 Å². The van der Waals surface area contributed by atoms with Gasteiger partial charge in [0.2, 0.25) is 10.0 Å². The molecular formula is C14H20N2O4S. The number of nitrogens with zero attached hydrogens (tertiary/aromatic N) is 1. The Morgan fingerprint density at radius 2 is 2.19 bits per heavy atom. The summed E-state index contributed by atoms with van der Waals surface area (Å²) in [6.45, 7) is 0.233. The molecule has 1 atom stereocenters. The highest BCUT2D eigenvalue weighted by Gasteiger charge is 2.23. The normalized spacial score (nSPS) is 12.8. The van der Waals surface area contributed by atoms with E-state index in [-0.39, 0.29) is 24.6 Å². The lowest BCUT2D eigenvalue weighted by molar-refractivity contribution is 0.0554. The Balaban J connectivity index is 2.96. The summed E-state index contributed by atoms with van der Waals surface area (Å²) in [5, 5.41) is 9.63. The first-order chi connectivity index (χ1) is 9.91. The molecule has 1 aromatic carbocycles. The lowest BCUT2D eigenvalue weighted by Gasteiger charge is -2.20. The molecule has 3 N–H and O–H groups in total. The second-order valence-corrected chi connectivity index (χ2v) is 6.47. The van der Waals surface area contributed by atoms with Gasteiger partial charge in [0.15, 0.2) is 0 Å². The summed E-state index contributed by atoms with van der Waals surface area (Å²) in [6, 6.07) is 6.30. The molecule has 21 heavy (non-hydrogen) atoms. The highest BCUT2D eigenvalue weighted by atomic mass is 32.2. The first-order valence-electron chi connectivity index (χ1n) is 6.34. The monoisotopic (exact) mass is 312 g/mol. The molecule has 0 aromatic heterocycles. The molecule has 7 heteroatoms. The van der Waals surface area contributed by atoms with Gasteiger partial charge in [-0.15, -0.1) is 0 Å². The van der Waals surface area contributed by atoms with Gasteiger partial charge in [-0.3, -0.25) is 0 Å². The second-order valence-electron chi connectivity index (χ2n) is 4.43. The van der Waals surface area contributed by atoms with Gasteiger partial charge in [-0.1, -0.05) is 17.9 Å². The average molecular weight is 312 g/mol. The molecule has 0 bridgehead atoms. The van der Waals surface area contributed by atoms with Crippen LogP contribution in [0, 0.1) is 11.8 Å². The molecular weight excluding hydrogens is 292 g/mol. The van der Waals surface area contributed by atoms with E-state index in [1.165, 1.54) is 26.3 Å². The largest absolute Gasteiger partial charge is 0.389 e. The SMILES string of the molecule is COCC(O)CN(C)S(=O)(=O)c1cccc(C#CCN)c1. The lowest BCUT2D eigenvalue weighted by atomic mass is 10.2. The van der Waals surface area contributed by atoms with Crippen LogP contribution in [0.5, 0.6) is 0 Å². The zero-order valence-electron chi connectivity index (χ0n) is 12.1. The molecule has 0 heterocycles. The van der Waals surface area contributed by atoms with E-state index in [4.69, 9.17) is 10.5 Å². The molecule has 0 radical (unpaired) electrons. The molecule has 0 aliphatic rings. The molecule has 116 valence electrons. The summed E-state index contributed by atoms with van der Waals surface area (Å²) in [4.78, 5) is 0.124. The summed E-state index contributed by atoms with van der Waals surface area (Å²) in [5.74, 6) is 5.46. The van der Waals surface area contributed by atoms with Crippen LogP contribution in [-0.2, 0) is 14.8 Å². The zero-order chi connectivity index (χ0) is 15.9. The first kappa shape index (κ1) is 17.6. The van der Waals surface area contributed by atoms with E-state index in [1.54, 1.807) is 12.1 Å². The van der Waals surface area contributed by atoms with Gasteiger partial charge in [-0.2, -0.15) is 4.31 Å². The standard InChI is InChI=1S/C14H20N2O4S/c1-16(10-13(17)11-20-2)21(18,19)14-7-3-5-12(9-14)6-4-8-15/h3,5,7,9,13,17H,8,10-11,15H2,1-2H3. The van der Waals surface area contributed by atoms with Crippen molar-refractivity contribution < 1.29 is 18.3 Å². The number of likely N-dealkylation sites (N-methyl/N-ethyl adjacent to an activating group) is 1. The molecule has 0 saturated carbocycles. The minimum Gasteiger partial charge on any atom is -0.389 e. The van der Waals surface area contributed by atoms with Crippen molar-refractivity contribution in [3.05, 3.63) is 29.8 Å². The number of aliphatic hydroxyl groups is 1. The van der Waals surface area contributed by atoms with Crippen molar-refractivity contribution in [3.63, 3.8) is 0 Å². The molecule has 0 spiro atoms. The molecule has 6 nitrogen and oxygen atoms in total. The number of sulfonamides is 1. The van der Waals surface area contributed by atoms with Crippen LogP contribution in [0.4, 0.5) is 0 Å². The zero-order valence-corrected chi connectivity index (χ0v) is 12.9. The molecule has 1 aromatic rings. The van der Waals surface area contributed by atoms with Crippen LogP contribution in [0.25, 0.3) is 0 Å². The maximum atomic E-state index is 12.4. The predicted molar refractivity (Wildman–Crippen MR) is 80.1 cm³/mol. The molecule has 0 aliphatic heterocycles. The van der Waals surface area contributed by atoms with Crippen LogP contribution in [0.2, 0.25) is 0 Å². The fourth-order valence-corrected chi connectivity index (χ4v) is 2.96. The van der Waals surface area contributed by atoms with Gasteiger partial charge < -0.3 is 15.6 Å². The van der Waals surface area contributed by atoms with Gasteiger partial charge in [-0.25, -0.2) is 8.42 Å². The van der Waals surface area contributed by atoms with E-state index in [0.717, 1.165) is 4.31 Å². The third-order valence-electron chi connectivity index (χ3n) is 2.70. The van der Waals surface area contributed by atoms with Crippen molar-refractivity contribution in [1.29, 1.82) is 0 Å². The molecule has 0 aliphatic carbocycles. The van der Waals surface area contributed by atoms with Gasteiger partial charge in [0.25, 0.3) is 0 Å². The van der Waals surface area contributed by atoms with Gasteiger partial charge in [0.05, 0.1) is 24.2 Å². The van der Waals surface area contributed by atoms with Crippen molar-refractivity contribution in [1.82, 2.24) is 4.31 Å². The number of nitrogens with two attached hydrogens (primary N) is 1. The van der Waals surface area contributed by atoms with Gasteiger partial charge >= 0.3 is 0 Å². The highest BCUT2D eigenvalue weighted by Crippen LogP contribution is 2.16. The van der Waals surface area contributed by atoms with Gasteiger partial charge in [0.1, 0.15) is 0 Å². The van der Waals surface area contributed by atoms with Crippen LogP contribution < -0.4 is 5.73 Å². The fourth-order valence-electron chi connectivity index (χ4n) is 1.71. The summed E-state index contributed by atoms with van der Waals surface area (Å²) >= 11 is 0. The first-order valence-corrected chi connectivity index (χ1v) is 7.78. The van der Waals surface area contributed by atoms with Crippen LogP contribution >= 0.6 is 0 Å². The Hall–Kier alpha value is -1.43. The van der Waals surface area contributed by atoms with Crippen molar-refractivity contribution in [2.75, 3.05) is 33.9 Å². The Kier molecular flexibility index (Phi) is 6.81. The maximum absolute atomic E-state index is 12.4. The number of aliphatic hydroxyl groups excluding tert-OH is 1. The second kappa shape index (κ2) is 8.12. The molecule has 0 amide bonds. The third kappa shape index (κ3) is 5.12. The van der Waals surface area contributed by atoms with Crippen molar-refractivity contribution >= 4 is 10.0 Å². The van der Waals surface area contributed by atoms with E-state index in [0.29, 0.717) is 5.56 Å². The summed E-state index contributed by atoms with van der Waals surface area (Å²) in [6.07, 6.45) is -0.880. The van der Waals surface area contributed by atoms with Crippen molar-refractivity contribution in [2.24, 2.45) is 5.73 Å². The smallest absolute Gasteiger partial charge is 0.242 e. The van der Waals surface area contributed by atoms with E-state index < -0.39 is 16.1 Å². The Bertz CT molecular complexity index is 619. The van der Waals surface area contributed by atoms with Crippen LogP contribution in [-0.4, -0.2) is 57.8 Å². The van der Waals surface area contributed by atoms with Crippen LogP contribution in [0.15, 0.2) is 29.2 Å². The number of ether oxygens (including phenoxy) is 1. The Morgan fingerprint density at radius 1 is 1.48 bits per heavy atom. The molecule has 0 saturated heterocycles. The average Bonchev–Trinajstić information content (AvgIpc) is 2.45. The van der Waals surface area contributed by atoms with Crippen molar-refractivity contribution in [3.8, 4) is 11.8 Å². The Labute approximate surface area is 125 Å². The number of methoxy groups -OCH3 is 1. The predicted octanol–water partition coefficient (Wildman–Crippen LogP) is -0.375. The van der Waals surface area contributed by atoms with E-state index in [9.17, 15) is 13.5 Å². The van der Waals surface area contributed by atoms with Gasteiger partial charge in [-0.05, 0) is 18.2 Å². The highest BCUT2D eigenvalue weighted by molar-refractivity contribution is 7.89. The maximum Gasteiger partial charge on any atom is 0.242 e. The topological polar surface area (TPSA) is 92.9 Å². The number of hydrogen-bond acceptors (Lipinski definition) is 5. The van der Waals surface area contributed by atoms with E-state index in [1.807, 2.05) is 0 Å². The minimum atomic E-state index is -3.68. The van der Waals surface area contributed by atoms with E-state index >= 15 is 0 Å². The lowest BCUT2D eigenvalue weighted by Crippen LogP contribution is -2.36. The van der Waals surface area contributed by atoms with Crippen LogP contribution in [0.1, 0.15) is 5.56 Å². The number of hydrogen-bond donors (Lipinski definition) is 2. The fraction of sp³-hybridized carbons (Fsp3) is 0.429. The summed E-state index contributed by atoms with van der Waals surface area (Å²) < 4.78 is 30.7. The van der Waals surface area contributed by atoms with Crippen LogP contribution in [0.3, 0.4) is 0 Å².